The summed E-state index contributed by atoms with van der Waals surface area (Å²) in [6.45, 7) is 3.76. The van der Waals surface area contributed by atoms with Gasteiger partial charge in [-0.15, -0.1) is 0 Å². The molecule has 4 heteroatoms. The van der Waals surface area contributed by atoms with Crippen LogP contribution in [-0.4, -0.2) is 39.5 Å². The normalized spacial score (nSPS) is 18.8. The van der Waals surface area contributed by atoms with Crippen LogP contribution in [0.25, 0.3) is 0 Å². The fourth-order valence-corrected chi connectivity index (χ4v) is 2.07. The molecule has 0 bridgehead atoms. The maximum atomic E-state index is 5.55. The van der Waals surface area contributed by atoms with Crippen LogP contribution in [0.5, 0.6) is 5.75 Å². The second kappa shape index (κ2) is 7.24. The summed E-state index contributed by atoms with van der Waals surface area (Å²) in [5.41, 5.74) is 1.12. The molecule has 1 aromatic carbocycles. The molecule has 1 aliphatic heterocycles. The lowest BCUT2D eigenvalue weighted by atomic mass is 10.2. The van der Waals surface area contributed by atoms with Gasteiger partial charge in [-0.1, -0.05) is 0 Å². The molecule has 0 radical (unpaired) electrons. The first-order chi connectivity index (χ1) is 8.88. The van der Waals surface area contributed by atoms with E-state index >= 15 is 0 Å². The monoisotopic (exact) mass is 250 g/mol. The molecule has 0 amide bonds. The van der Waals surface area contributed by atoms with Gasteiger partial charge in [0, 0.05) is 31.9 Å². The van der Waals surface area contributed by atoms with Gasteiger partial charge in [-0.05, 0) is 37.1 Å². The Bertz CT molecular complexity index is 334. The van der Waals surface area contributed by atoms with Crippen molar-refractivity contribution in [1.82, 2.24) is 5.32 Å². The molecule has 2 rings (SSSR count). The van der Waals surface area contributed by atoms with E-state index in [-0.39, 0.29) is 0 Å². The van der Waals surface area contributed by atoms with Crippen LogP contribution in [0, 0.1) is 0 Å². The van der Waals surface area contributed by atoms with Crippen LogP contribution in [-0.2, 0) is 4.74 Å². The smallest absolute Gasteiger partial charge is 0.119 e. The molecule has 4 nitrogen and oxygen atoms in total. The minimum Gasteiger partial charge on any atom is -0.497 e. The van der Waals surface area contributed by atoms with Crippen LogP contribution in [0.2, 0.25) is 0 Å². The molecule has 0 spiro atoms. The van der Waals surface area contributed by atoms with E-state index in [4.69, 9.17) is 9.47 Å². The molecule has 1 fully saturated rings. The minimum atomic E-state index is 0.422. The Morgan fingerprint density at radius 3 is 2.78 bits per heavy atom. The zero-order valence-electron chi connectivity index (χ0n) is 10.9. The molecule has 2 N–H and O–H groups in total. The van der Waals surface area contributed by atoms with Crippen molar-refractivity contribution in [2.75, 3.05) is 38.7 Å². The molecule has 1 aromatic rings. The Kier molecular flexibility index (Phi) is 5.30. The molecule has 1 unspecified atom stereocenters. The van der Waals surface area contributed by atoms with Crippen molar-refractivity contribution >= 4 is 5.69 Å². The number of nitrogens with one attached hydrogen (secondary N) is 2. The van der Waals surface area contributed by atoms with Crippen LogP contribution in [0.4, 0.5) is 5.69 Å². The van der Waals surface area contributed by atoms with Crippen LogP contribution < -0.4 is 15.4 Å². The summed E-state index contributed by atoms with van der Waals surface area (Å²) in [5, 5.41) is 6.77. The quantitative estimate of drug-likeness (QED) is 0.725. The van der Waals surface area contributed by atoms with Crippen LogP contribution in [0.3, 0.4) is 0 Å². The number of methoxy groups -OCH3 is 1. The van der Waals surface area contributed by atoms with Gasteiger partial charge in [0.05, 0.1) is 13.2 Å². The summed E-state index contributed by atoms with van der Waals surface area (Å²) in [6.07, 6.45) is 2.82. The third kappa shape index (κ3) is 4.20. The van der Waals surface area contributed by atoms with Gasteiger partial charge < -0.3 is 20.1 Å². The fourth-order valence-electron chi connectivity index (χ4n) is 2.07. The van der Waals surface area contributed by atoms with Crippen molar-refractivity contribution in [3.8, 4) is 5.75 Å². The van der Waals surface area contributed by atoms with E-state index in [1.165, 1.54) is 12.8 Å². The van der Waals surface area contributed by atoms with E-state index in [0.29, 0.717) is 6.10 Å². The lowest BCUT2D eigenvalue weighted by Crippen LogP contribution is -2.30. The molecule has 100 valence electrons. The Morgan fingerprint density at radius 1 is 1.28 bits per heavy atom. The highest BCUT2D eigenvalue weighted by Gasteiger charge is 2.13. The summed E-state index contributed by atoms with van der Waals surface area (Å²) < 4.78 is 10.7. The number of hydrogen-bond acceptors (Lipinski definition) is 4. The highest BCUT2D eigenvalue weighted by Crippen LogP contribution is 2.14. The summed E-state index contributed by atoms with van der Waals surface area (Å²) in [6, 6.07) is 7.97. The van der Waals surface area contributed by atoms with Crippen molar-refractivity contribution in [3.63, 3.8) is 0 Å². The van der Waals surface area contributed by atoms with Gasteiger partial charge in [0.2, 0.25) is 0 Å². The molecular weight excluding hydrogens is 228 g/mol. The number of benzene rings is 1. The summed E-state index contributed by atoms with van der Waals surface area (Å²) >= 11 is 0. The average Bonchev–Trinajstić information content (AvgIpc) is 2.92. The van der Waals surface area contributed by atoms with E-state index < -0.39 is 0 Å². The van der Waals surface area contributed by atoms with Crippen molar-refractivity contribution in [2.24, 2.45) is 0 Å². The number of anilines is 1. The van der Waals surface area contributed by atoms with E-state index in [0.717, 1.165) is 37.7 Å². The van der Waals surface area contributed by atoms with Crippen LogP contribution in [0.15, 0.2) is 24.3 Å². The largest absolute Gasteiger partial charge is 0.497 e. The zero-order valence-corrected chi connectivity index (χ0v) is 10.9. The van der Waals surface area contributed by atoms with E-state index in [9.17, 15) is 0 Å². The molecule has 0 aliphatic carbocycles. The maximum Gasteiger partial charge on any atom is 0.119 e. The van der Waals surface area contributed by atoms with Gasteiger partial charge in [-0.2, -0.15) is 0 Å². The number of ether oxygens (including phenoxy) is 2. The van der Waals surface area contributed by atoms with Gasteiger partial charge in [-0.25, -0.2) is 0 Å². The standard InChI is InChI=1S/C14H22N2O2/c1-17-13-6-4-12(5-7-13)16-9-8-15-11-14-3-2-10-18-14/h4-7,14-16H,2-3,8-11H2,1H3. The molecular formula is C14H22N2O2. The highest BCUT2D eigenvalue weighted by atomic mass is 16.5. The molecule has 0 saturated carbocycles. The van der Waals surface area contributed by atoms with Gasteiger partial charge >= 0.3 is 0 Å². The molecule has 1 aliphatic rings. The molecule has 1 heterocycles. The Labute approximate surface area is 109 Å². The van der Waals surface area contributed by atoms with Crippen molar-refractivity contribution in [3.05, 3.63) is 24.3 Å². The van der Waals surface area contributed by atoms with Crippen molar-refractivity contribution in [2.45, 2.75) is 18.9 Å². The SMILES string of the molecule is COc1ccc(NCCNCC2CCCO2)cc1. The second-order valence-corrected chi connectivity index (χ2v) is 4.49. The van der Waals surface area contributed by atoms with Crippen molar-refractivity contribution in [1.29, 1.82) is 0 Å². The van der Waals surface area contributed by atoms with Crippen LogP contribution in [0.1, 0.15) is 12.8 Å². The predicted molar refractivity (Wildman–Crippen MR) is 73.3 cm³/mol. The van der Waals surface area contributed by atoms with Gasteiger partial charge in [-0.3, -0.25) is 0 Å². The lowest BCUT2D eigenvalue weighted by molar-refractivity contribution is 0.110. The zero-order chi connectivity index (χ0) is 12.6. The Balaban J connectivity index is 1.56. The first-order valence-electron chi connectivity index (χ1n) is 6.59. The second-order valence-electron chi connectivity index (χ2n) is 4.49. The van der Waals surface area contributed by atoms with Gasteiger partial charge in [0.25, 0.3) is 0 Å². The summed E-state index contributed by atoms with van der Waals surface area (Å²) in [5.74, 6) is 0.886. The molecule has 1 saturated heterocycles. The fraction of sp³-hybridized carbons (Fsp3) is 0.571. The molecule has 18 heavy (non-hydrogen) atoms. The van der Waals surface area contributed by atoms with Crippen LogP contribution >= 0.6 is 0 Å². The van der Waals surface area contributed by atoms with Gasteiger partial charge in [0.15, 0.2) is 0 Å². The average molecular weight is 250 g/mol. The van der Waals surface area contributed by atoms with Crippen molar-refractivity contribution < 1.29 is 9.47 Å². The third-order valence-corrected chi connectivity index (χ3v) is 3.12. The molecule has 0 aromatic heterocycles. The summed E-state index contributed by atoms with van der Waals surface area (Å²) in [7, 11) is 1.68. The number of hydrogen-bond donors (Lipinski definition) is 2. The first kappa shape index (κ1) is 13.2. The Morgan fingerprint density at radius 2 is 2.11 bits per heavy atom. The number of rotatable bonds is 7. The van der Waals surface area contributed by atoms with E-state index in [1.807, 2.05) is 24.3 Å². The lowest BCUT2D eigenvalue weighted by Gasteiger charge is -2.11. The molecule has 1 atom stereocenters. The maximum absolute atomic E-state index is 5.55. The van der Waals surface area contributed by atoms with E-state index in [1.54, 1.807) is 7.11 Å². The Hall–Kier alpha value is -1.26. The van der Waals surface area contributed by atoms with E-state index in [2.05, 4.69) is 10.6 Å². The summed E-state index contributed by atoms with van der Waals surface area (Å²) in [4.78, 5) is 0. The first-order valence-corrected chi connectivity index (χ1v) is 6.59. The highest BCUT2D eigenvalue weighted by molar-refractivity contribution is 5.46. The van der Waals surface area contributed by atoms with Gasteiger partial charge in [0.1, 0.15) is 5.75 Å². The minimum absolute atomic E-state index is 0.422. The topological polar surface area (TPSA) is 42.5 Å². The third-order valence-electron chi connectivity index (χ3n) is 3.12. The predicted octanol–water partition coefficient (Wildman–Crippen LogP) is 1.88.